The SMILES string of the molecule is c1ccc(-c2cc(-c3cccc(-c4c(-c5ccccn5)nc5ccccn45)c3)nc(-c3ccccc3)n2)cc1. The number of nitrogens with zero attached hydrogens (tertiary/aromatic N) is 5. The third kappa shape index (κ3) is 4.36. The zero-order valence-electron chi connectivity index (χ0n) is 21.0. The van der Waals surface area contributed by atoms with Gasteiger partial charge in [0.15, 0.2) is 5.82 Å². The first kappa shape index (κ1) is 22.8. The monoisotopic (exact) mass is 501 g/mol. The number of fused-ring (bicyclic) bond motifs is 1. The van der Waals surface area contributed by atoms with Gasteiger partial charge in [-0.1, -0.05) is 91.0 Å². The molecule has 0 fully saturated rings. The smallest absolute Gasteiger partial charge is 0.160 e. The Labute approximate surface area is 226 Å². The molecule has 0 bridgehead atoms. The fraction of sp³-hybridized carbons (Fsp3) is 0. The van der Waals surface area contributed by atoms with Gasteiger partial charge in [0.25, 0.3) is 0 Å². The van der Waals surface area contributed by atoms with Crippen molar-refractivity contribution in [1.29, 1.82) is 0 Å². The summed E-state index contributed by atoms with van der Waals surface area (Å²) in [6.07, 6.45) is 3.85. The van der Waals surface area contributed by atoms with Crippen molar-refractivity contribution in [3.05, 3.63) is 140 Å². The van der Waals surface area contributed by atoms with Crippen molar-refractivity contribution in [3.63, 3.8) is 0 Å². The Morgan fingerprint density at radius 1 is 0.462 bits per heavy atom. The molecule has 0 saturated heterocycles. The quantitative estimate of drug-likeness (QED) is 0.241. The van der Waals surface area contributed by atoms with E-state index in [2.05, 4.69) is 51.8 Å². The Morgan fingerprint density at radius 2 is 1.13 bits per heavy atom. The van der Waals surface area contributed by atoms with E-state index in [-0.39, 0.29) is 0 Å². The first-order chi connectivity index (χ1) is 19.3. The van der Waals surface area contributed by atoms with E-state index in [1.807, 2.05) is 91.1 Å². The van der Waals surface area contributed by atoms with Crippen LogP contribution >= 0.6 is 0 Å². The molecule has 0 aliphatic heterocycles. The van der Waals surface area contributed by atoms with Gasteiger partial charge in [0.05, 0.1) is 22.8 Å². The Morgan fingerprint density at radius 3 is 1.90 bits per heavy atom. The van der Waals surface area contributed by atoms with Crippen molar-refractivity contribution in [3.8, 4) is 56.5 Å². The number of hydrogen-bond donors (Lipinski definition) is 0. The minimum atomic E-state index is 0.696. The summed E-state index contributed by atoms with van der Waals surface area (Å²) in [6.45, 7) is 0. The molecule has 0 aliphatic carbocycles. The van der Waals surface area contributed by atoms with Crippen LogP contribution in [0.1, 0.15) is 0 Å². The van der Waals surface area contributed by atoms with Crippen LogP contribution in [0.15, 0.2) is 140 Å². The van der Waals surface area contributed by atoms with Gasteiger partial charge in [0.2, 0.25) is 0 Å². The first-order valence-electron chi connectivity index (χ1n) is 12.8. The van der Waals surface area contributed by atoms with Crippen LogP contribution in [0.3, 0.4) is 0 Å². The van der Waals surface area contributed by atoms with E-state index >= 15 is 0 Å². The topological polar surface area (TPSA) is 56.0 Å². The van der Waals surface area contributed by atoms with Crippen molar-refractivity contribution < 1.29 is 0 Å². The van der Waals surface area contributed by atoms with Gasteiger partial charge in [-0.15, -0.1) is 0 Å². The van der Waals surface area contributed by atoms with Crippen LogP contribution in [0.25, 0.3) is 62.2 Å². The lowest BCUT2D eigenvalue weighted by Gasteiger charge is -2.11. The molecule has 7 rings (SSSR count). The summed E-state index contributed by atoms with van der Waals surface area (Å²) in [7, 11) is 0. The molecular weight excluding hydrogens is 478 g/mol. The maximum Gasteiger partial charge on any atom is 0.160 e. The van der Waals surface area contributed by atoms with E-state index in [9.17, 15) is 0 Å². The van der Waals surface area contributed by atoms with Gasteiger partial charge in [-0.2, -0.15) is 0 Å². The van der Waals surface area contributed by atoms with Gasteiger partial charge in [0.1, 0.15) is 11.3 Å². The summed E-state index contributed by atoms with van der Waals surface area (Å²) in [5.74, 6) is 0.696. The van der Waals surface area contributed by atoms with Crippen LogP contribution in [0.5, 0.6) is 0 Å². The lowest BCUT2D eigenvalue weighted by atomic mass is 10.0. The fourth-order valence-corrected chi connectivity index (χ4v) is 4.85. The van der Waals surface area contributed by atoms with Gasteiger partial charge in [-0.3, -0.25) is 9.38 Å². The van der Waals surface area contributed by atoms with Gasteiger partial charge in [-0.05, 0) is 36.4 Å². The molecule has 0 unspecified atom stereocenters. The molecule has 5 heteroatoms. The molecule has 0 atom stereocenters. The van der Waals surface area contributed by atoms with Crippen LogP contribution in [0, 0.1) is 0 Å². The largest absolute Gasteiger partial charge is 0.299 e. The van der Waals surface area contributed by atoms with E-state index in [1.165, 1.54) is 0 Å². The highest BCUT2D eigenvalue weighted by Gasteiger charge is 2.18. The number of pyridine rings is 2. The first-order valence-corrected chi connectivity index (χ1v) is 12.8. The molecule has 184 valence electrons. The van der Waals surface area contributed by atoms with Crippen molar-refractivity contribution in [1.82, 2.24) is 24.3 Å². The average Bonchev–Trinajstić information content (AvgIpc) is 3.42. The molecule has 5 nitrogen and oxygen atoms in total. The molecule has 0 radical (unpaired) electrons. The Balaban J connectivity index is 1.42. The number of rotatable bonds is 5. The molecule has 0 saturated carbocycles. The predicted molar refractivity (Wildman–Crippen MR) is 156 cm³/mol. The molecule has 4 aromatic heterocycles. The molecule has 0 N–H and O–H groups in total. The van der Waals surface area contributed by atoms with Gasteiger partial charge >= 0.3 is 0 Å². The predicted octanol–water partition coefficient (Wildman–Crippen LogP) is 7.85. The molecule has 3 aromatic carbocycles. The van der Waals surface area contributed by atoms with Crippen LogP contribution in [-0.4, -0.2) is 24.3 Å². The molecule has 0 aliphatic rings. The number of imidazole rings is 1. The van der Waals surface area contributed by atoms with Gasteiger partial charge in [-0.25, -0.2) is 15.0 Å². The van der Waals surface area contributed by atoms with Gasteiger partial charge < -0.3 is 0 Å². The molecule has 7 aromatic rings. The summed E-state index contributed by atoms with van der Waals surface area (Å²) in [5, 5.41) is 0. The van der Waals surface area contributed by atoms with Crippen LogP contribution in [-0.2, 0) is 0 Å². The highest BCUT2D eigenvalue weighted by atomic mass is 15.0. The molecule has 0 amide bonds. The van der Waals surface area contributed by atoms with Crippen molar-refractivity contribution in [2.24, 2.45) is 0 Å². The zero-order valence-corrected chi connectivity index (χ0v) is 21.0. The second-order valence-corrected chi connectivity index (χ2v) is 9.23. The maximum atomic E-state index is 5.02. The molecule has 0 spiro atoms. The van der Waals surface area contributed by atoms with Crippen molar-refractivity contribution in [2.75, 3.05) is 0 Å². The van der Waals surface area contributed by atoms with Crippen LogP contribution in [0.4, 0.5) is 0 Å². The maximum absolute atomic E-state index is 5.02. The average molecular weight is 502 g/mol. The van der Waals surface area contributed by atoms with E-state index < -0.39 is 0 Å². The highest BCUT2D eigenvalue weighted by molar-refractivity contribution is 5.83. The van der Waals surface area contributed by atoms with E-state index in [0.717, 1.165) is 56.4 Å². The summed E-state index contributed by atoms with van der Waals surface area (Å²) in [4.78, 5) is 19.5. The summed E-state index contributed by atoms with van der Waals surface area (Å²) < 4.78 is 2.12. The third-order valence-electron chi connectivity index (χ3n) is 6.70. The van der Waals surface area contributed by atoms with Crippen molar-refractivity contribution in [2.45, 2.75) is 0 Å². The van der Waals surface area contributed by atoms with Crippen LogP contribution < -0.4 is 0 Å². The van der Waals surface area contributed by atoms with E-state index in [4.69, 9.17) is 15.0 Å². The highest BCUT2D eigenvalue weighted by Crippen LogP contribution is 2.35. The van der Waals surface area contributed by atoms with Gasteiger partial charge in [0, 0.05) is 34.6 Å². The summed E-state index contributed by atoms with van der Waals surface area (Å²) in [5.41, 5.74) is 9.35. The lowest BCUT2D eigenvalue weighted by molar-refractivity contribution is 1.18. The second kappa shape index (κ2) is 9.80. The zero-order chi connectivity index (χ0) is 26.0. The normalized spacial score (nSPS) is 11.1. The Hall–Kier alpha value is -5.42. The van der Waals surface area contributed by atoms with Crippen molar-refractivity contribution >= 4 is 5.65 Å². The number of hydrogen-bond acceptors (Lipinski definition) is 4. The fourth-order valence-electron chi connectivity index (χ4n) is 4.85. The number of aromatic nitrogens is 5. The summed E-state index contributed by atoms with van der Waals surface area (Å²) in [6, 6.07) is 42.8. The summed E-state index contributed by atoms with van der Waals surface area (Å²) >= 11 is 0. The van der Waals surface area contributed by atoms with E-state index in [1.54, 1.807) is 6.20 Å². The standard InChI is InChI=1S/C34H23N5/c1-3-12-24(13-4-1)29-23-30(37-34(36-29)25-14-5-2-6-15-25)26-16-11-17-27(22-26)33-32(28-18-7-9-20-35-28)38-31-19-8-10-21-39(31)33/h1-23H. The lowest BCUT2D eigenvalue weighted by Crippen LogP contribution is -1.96. The molecular formula is C34H23N5. The molecule has 39 heavy (non-hydrogen) atoms. The number of benzene rings is 3. The second-order valence-electron chi connectivity index (χ2n) is 9.23. The third-order valence-corrected chi connectivity index (χ3v) is 6.70. The minimum Gasteiger partial charge on any atom is -0.299 e. The van der Waals surface area contributed by atoms with E-state index in [0.29, 0.717) is 5.82 Å². The molecule has 4 heterocycles. The Kier molecular flexibility index (Phi) is 5.72. The van der Waals surface area contributed by atoms with Crippen LogP contribution in [0.2, 0.25) is 0 Å². The Bertz CT molecular complexity index is 1840. The minimum absolute atomic E-state index is 0.696.